The summed E-state index contributed by atoms with van der Waals surface area (Å²) < 4.78 is 44.8. The fraction of sp³-hybridized carbons (Fsp3) is 0.625. The van der Waals surface area contributed by atoms with Crippen LogP contribution in [0.1, 0.15) is 18.1 Å². The van der Waals surface area contributed by atoms with Crippen LogP contribution in [0.2, 0.25) is 0 Å². The molecule has 1 aromatic heterocycles. The molecule has 1 N–H and O–H groups in total. The fourth-order valence-corrected chi connectivity index (χ4v) is 0.930. The maximum Gasteiger partial charge on any atom is 0.389 e. The lowest BCUT2D eigenvalue weighted by Crippen LogP contribution is -2.09. The number of ether oxygens (including phenoxy) is 1. The van der Waals surface area contributed by atoms with Crippen LogP contribution < -0.4 is 0 Å². The lowest BCUT2D eigenvalue weighted by molar-refractivity contribution is -0.143. The zero-order chi connectivity index (χ0) is 12.9. The molecule has 0 spiro atoms. The number of alkyl halides is 3. The Morgan fingerprint density at radius 2 is 2.18 bits per heavy atom. The van der Waals surface area contributed by atoms with Crippen molar-refractivity contribution >= 4 is 5.97 Å². The van der Waals surface area contributed by atoms with E-state index in [1.54, 1.807) is 0 Å². The summed E-state index contributed by atoms with van der Waals surface area (Å²) in [6.07, 6.45) is -5.70. The molecule has 0 aliphatic heterocycles. The maximum atomic E-state index is 11.9. The second-order valence-electron chi connectivity index (χ2n) is 3.11. The average molecular weight is 254 g/mol. The SMILES string of the molecule is O=C(O)COCc1nc(CCC(F)(F)F)no1. The van der Waals surface area contributed by atoms with Crippen LogP contribution in [-0.4, -0.2) is 34.0 Å². The normalized spacial score (nSPS) is 11.7. The molecule has 17 heavy (non-hydrogen) atoms. The predicted octanol–water partition coefficient (Wildman–Crippen LogP) is 1.17. The monoisotopic (exact) mass is 254 g/mol. The van der Waals surface area contributed by atoms with E-state index in [0.29, 0.717) is 0 Å². The summed E-state index contributed by atoms with van der Waals surface area (Å²) in [5, 5.41) is 11.6. The number of halogens is 3. The van der Waals surface area contributed by atoms with Crippen molar-refractivity contribution in [2.75, 3.05) is 6.61 Å². The number of hydrogen-bond donors (Lipinski definition) is 1. The van der Waals surface area contributed by atoms with Gasteiger partial charge in [0.15, 0.2) is 5.82 Å². The van der Waals surface area contributed by atoms with E-state index in [0.717, 1.165) is 0 Å². The van der Waals surface area contributed by atoms with Crippen LogP contribution in [0.25, 0.3) is 0 Å². The number of aryl methyl sites for hydroxylation is 1. The summed E-state index contributed by atoms with van der Waals surface area (Å²) in [6.45, 7) is -0.786. The molecule has 1 aromatic rings. The number of nitrogens with zero attached hydrogens (tertiary/aromatic N) is 2. The summed E-state index contributed by atoms with van der Waals surface area (Å²) in [5.41, 5.74) is 0. The molecule has 9 heteroatoms. The maximum absolute atomic E-state index is 11.9. The second kappa shape index (κ2) is 5.62. The highest BCUT2D eigenvalue weighted by molar-refractivity contribution is 5.67. The molecule has 6 nitrogen and oxygen atoms in total. The first-order chi connectivity index (χ1) is 7.87. The van der Waals surface area contributed by atoms with Gasteiger partial charge in [0.2, 0.25) is 0 Å². The zero-order valence-electron chi connectivity index (χ0n) is 8.53. The Balaban J connectivity index is 2.35. The fourth-order valence-electron chi connectivity index (χ4n) is 0.930. The molecule has 0 fully saturated rings. The van der Waals surface area contributed by atoms with Gasteiger partial charge in [0.1, 0.15) is 13.2 Å². The van der Waals surface area contributed by atoms with E-state index in [1.165, 1.54) is 0 Å². The third-order valence-corrected chi connectivity index (χ3v) is 1.59. The second-order valence-corrected chi connectivity index (χ2v) is 3.11. The van der Waals surface area contributed by atoms with E-state index in [1.807, 2.05) is 0 Å². The molecule has 0 bridgehead atoms. The largest absolute Gasteiger partial charge is 0.480 e. The predicted molar refractivity (Wildman–Crippen MR) is 46.0 cm³/mol. The van der Waals surface area contributed by atoms with Gasteiger partial charge in [0, 0.05) is 6.42 Å². The molecule has 0 amide bonds. The van der Waals surface area contributed by atoms with Crippen molar-refractivity contribution in [1.29, 1.82) is 0 Å². The van der Waals surface area contributed by atoms with Crippen LogP contribution in [0.4, 0.5) is 13.2 Å². The van der Waals surface area contributed by atoms with Crippen molar-refractivity contribution < 1.29 is 32.3 Å². The summed E-state index contributed by atoms with van der Waals surface area (Å²) in [4.78, 5) is 13.7. The molecule has 0 aromatic carbocycles. The third kappa shape index (κ3) is 5.85. The van der Waals surface area contributed by atoms with Gasteiger partial charge >= 0.3 is 12.1 Å². The Morgan fingerprint density at radius 1 is 1.47 bits per heavy atom. The highest BCUT2D eigenvalue weighted by Gasteiger charge is 2.27. The number of hydrogen-bond acceptors (Lipinski definition) is 5. The number of aliphatic carboxylic acids is 1. The van der Waals surface area contributed by atoms with E-state index in [-0.39, 0.29) is 24.7 Å². The van der Waals surface area contributed by atoms with Gasteiger partial charge in [-0.1, -0.05) is 5.16 Å². The topological polar surface area (TPSA) is 85.5 Å². The Hall–Kier alpha value is -1.64. The van der Waals surface area contributed by atoms with Gasteiger partial charge in [-0.15, -0.1) is 0 Å². The van der Waals surface area contributed by atoms with Crippen molar-refractivity contribution in [3.8, 4) is 0 Å². The molecule has 96 valence electrons. The molecule has 0 saturated carbocycles. The van der Waals surface area contributed by atoms with Gasteiger partial charge in [-0.25, -0.2) is 4.79 Å². The van der Waals surface area contributed by atoms with Crippen LogP contribution in [0.3, 0.4) is 0 Å². The van der Waals surface area contributed by atoms with Crippen LogP contribution in [0, 0.1) is 0 Å². The number of carbonyl (C=O) groups is 1. The first kappa shape index (κ1) is 13.4. The van der Waals surface area contributed by atoms with Crippen molar-refractivity contribution in [2.24, 2.45) is 0 Å². The lowest BCUT2D eigenvalue weighted by atomic mass is 10.3. The zero-order valence-corrected chi connectivity index (χ0v) is 8.53. The quantitative estimate of drug-likeness (QED) is 0.820. The molecule has 0 saturated heterocycles. The average Bonchev–Trinajstić information content (AvgIpc) is 2.61. The van der Waals surface area contributed by atoms with E-state index in [2.05, 4.69) is 19.4 Å². The van der Waals surface area contributed by atoms with E-state index in [9.17, 15) is 18.0 Å². The molecule has 1 rings (SSSR count). The summed E-state index contributed by atoms with van der Waals surface area (Å²) >= 11 is 0. The molecule has 1 heterocycles. The summed E-state index contributed by atoms with van der Waals surface area (Å²) in [5.74, 6) is -1.30. The molecule has 0 atom stereocenters. The van der Waals surface area contributed by atoms with E-state index >= 15 is 0 Å². The number of carboxylic acid groups (broad SMARTS) is 1. The van der Waals surface area contributed by atoms with Gasteiger partial charge in [0.25, 0.3) is 5.89 Å². The molecule has 0 radical (unpaired) electrons. The van der Waals surface area contributed by atoms with Gasteiger partial charge in [-0.3, -0.25) is 0 Å². The summed E-state index contributed by atoms with van der Waals surface area (Å²) in [6, 6.07) is 0. The van der Waals surface area contributed by atoms with Gasteiger partial charge < -0.3 is 14.4 Å². The molecule has 0 unspecified atom stereocenters. The minimum absolute atomic E-state index is 0.0524. The van der Waals surface area contributed by atoms with E-state index < -0.39 is 25.2 Å². The van der Waals surface area contributed by atoms with Gasteiger partial charge in [-0.2, -0.15) is 18.2 Å². The van der Waals surface area contributed by atoms with Crippen LogP contribution >= 0.6 is 0 Å². The molecule has 0 aliphatic rings. The first-order valence-corrected chi connectivity index (χ1v) is 4.54. The minimum Gasteiger partial charge on any atom is -0.480 e. The van der Waals surface area contributed by atoms with Crippen molar-refractivity contribution in [3.63, 3.8) is 0 Å². The number of rotatable bonds is 6. The van der Waals surface area contributed by atoms with Gasteiger partial charge in [0.05, 0.1) is 6.42 Å². The smallest absolute Gasteiger partial charge is 0.389 e. The lowest BCUT2D eigenvalue weighted by Gasteiger charge is -2.01. The van der Waals surface area contributed by atoms with Gasteiger partial charge in [-0.05, 0) is 0 Å². The highest BCUT2D eigenvalue weighted by atomic mass is 19.4. The number of aromatic nitrogens is 2. The Labute approximate surface area is 93.4 Å². The van der Waals surface area contributed by atoms with Crippen LogP contribution in [-0.2, 0) is 22.6 Å². The molecule has 0 aliphatic carbocycles. The van der Waals surface area contributed by atoms with Crippen molar-refractivity contribution in [1.82, 2.24) is 10.1 Å². The Kier molecular flexibility index (Phi) is 4.44. The highest BCUT2D eigenvalue weighted by Crippen LogP contribution is 2.21. The molecular weight excluding hydrogens is 245 g/mol. The summed E-state index contributed by atoms with van der Waals surface area (Å²) in [7, 11) is 0. The van der Waals surface area contributed by atoms with Crippen molar-refractivity contribution in [2.45, 2.75) is 25.6 Å². The Bertz CT molecular complexity index is 377. The number of carboxylic acids is 1. The molecular formula is C8H9F3N2O4. The van der Waals surface area contributed by atoms with Crippen LogP contribution in [0.5, 0.6) is 0 Å². The first-order valence-electron chi connectivity index (χ1n) is 4.54. The van der Waals surface area contributed by atoms with Crippen LogP contribution in [0.15, 0.2) is 4.52 Å². The van der Waals surface area contributed by atoms with Crippen molar-refractivity contribution in [3.05, 3.63) is 11.7 Å². The van der Waals surface area contributed by atoms with E-state index in [4.69, 9.17) is 5.11 Å². The third-order valence-electron chi connectivity index (χ3n) is 1.59. The minimum atomic E-state index is -4.28. The standard InChI is InChI=1S/C8H9F3N2O4/c9-8(10,11)2-1-5-12-6(17-13-5)3-16-4-7(14)15/h1-4H2,(H,14,15). The Morgan fingerprint density at radius 3 is 2.76 bits per heavy atom.